The van der Waals surface area contributed by atoms with Crippen molar-refractivity contribution in [3.63, 3.8) is 0 Å². The second-order valence-corrected chi connectivity index (χ2v) is 9.44. The normalized spacial score (nSPS) is 26.7. The van der Waals surface area contributed by atoms with Crippen LogP contribution in [0, 0.1) is 29.5 Å². The molecule has 5 rings (SSSR count). The molecule has 1 saturated carbocycles. The van der Waals surface area contributed by atoms with Crippen LogP contribution >= 0.6 is 0 Å². The van der Waals surface area contributed by atoms with Crippen molar-refractivity contribution in [3.8, 4) is 5.75 Å². The number of esters is 1. The van der Waals surface area contributed by atoms with Crippen molar-refractivity contribution in [1.29, 1.82) is 0 Å². The predicted octanol–water partition coefficient (Wildman–Crippen LogP) is 3.71. The largest absolute Gasteiger partial charge is 0.426 e. The zero-order valence-corrected chi connectivity index (χ0v) is 18.8. The molecule has 7 nitrogen and oxygen atoms in total. The van der Waals surface area contributed by atoms with Gasteiger partial charge in [-0.3, -0.25) is 24.1 Å². The van der Waals surface area contributed by atoms with E-state index in [1.807, 2.05) is 0 Å². The molecule has 3 aliphatic rings. The molecule has 2 heterocycles. The number of hydrogen-bond acceptors (Lipinski definition) is 5. The van der Waals surface area contributed by atoms with Crippen LogP contribution in [-0.4, -0.2) is 30.2 Å². The Labute approximate surface area is 196 Å². The standard InChI is InChI=1S/C26H25FN2O5/c1-15-2-11-21-22(12-15)25(32)29(24(21)31)19-7-9-20(10-8-19)34-26(33)16-13-23(30)28(14-16)18-5-3-17(27)4-6-18/h3-10,15-16,21-22H,2,11-14H2,1H3/t15-,16+,21+,22+/m1/s1. The van der Waals surface area contributed by atoms with E-state index in [1.54, 1.807) is 24.3 Å². The second kappa shape index (κ2) is 8.66. The average molecular weight is 464 g/mol. The van der Waals surface area contributed by atoms with Crippen molar-refractivity contribution in [1.82, 2.24) is 0 Å². The van der Waals surface area contributed by atoms with Gasteiger partial charge < -0.3 is 9.64 Å². The van der Waals surface area contributed by atoms with Gasteiger partial charge in [-0.1, -0.05) is 6.92 Å². The van der Waals surface area contributed by atoms with Gasteiger partial charge in [-0.25, -0.2) is 4.39 Å². The topological polar surface area (TPSA) is 84.0 Å². The summed E-state index contributed by atoms with van der Waals surface area (Å²) in [5, 5.41) is 0. The number of carbonyl (C=O) groups excluding carboxylic acids is 4. The zero-order valence-electron chi connectivity index (χ0n) is 18.8. The molecule has 0 bridgehead atoms. The van der Waals surface area contributed by atoms with Crippen LogP contribution in [0.25, 0.3) is 0 Å². The number of halogens is 1. The summed E-state index contributed by atoms with van der Waals surface area (Å²) in [6.07, 6.45) is 2.42. The minimum Gasteiger partial charge on any atom is -0.426 e. The van der Waals surface area contributed by atoms with Gasteiger partial charge in [0.1, 0.15) is 11.6 Å². The quantitative estimate of drug-likeness (QED) is 0.391. The molecule has 2 aromatic carbocycles. The van der Waals surface area contributed by atoms with Gasteiger partial charge in [0.25, 0.3) is 0 Å². The summed E-state index contributed by atoms with van der Waals surface area (Å²) in [6.45, 7) is 2.26. The molecule has 0 spiro atoms. The van der Waals surface area contributed by atoms with Crippen LogP contribution in [0.5, 0.6) is 5.75 Å². The molecule has 34 heavy (non-hydrogen) atoms. The Hall–Kier alpha value is -3.55. The first-order valence-corrected chi connectivity index (χ1v) is 11.6. The number of rotatable bonds is 4. The highest BCUT2D eigenvalue weighted by molar-refractivity contribution is 6.22. The fourth-order valence-corrected chi connectivity index (χ4v) is 5.24. The van der Waals surface area contributed by atoms with E-state index < -0.39 is 17.7 Å². The number of ether oxygens (including phenoxy) is 1. The third-order valence-corrected chi connectivity index (χ3v) is 7.10. The summed E-state index contributed by atoms with van der Waals surface area (Å²) in [7, 11) is 0. The Kier molecular flexibility index (Phi) is 5.67. The molecule has 2 saturated heterocycles. The maximum absolute atomic E-state index is 13.2. The molecule has 0 N–H and O–H groups in total. The van der Waals surface area contributed by atoms with Gasteiger partial charge in [-0.05, 0) is 73.7 Å². The van der Waals surface area contributed by atoms with Gasteiger partial charge in [0, 0.05) is 18.7 Å². The molecule has 4 atom stereocenters. The van der Waals surface area contributed by atoms with Crippen molar-refractivity contribution >= 4 is 35.1 Å². The van der Waals surface area contributed by atoms with Gasteiger partial charge in [0.2, 0.25) is 17.7 Å². The first-order chi connectivity index (χ1) is 16.3. The number of fused-ring (bicyclic) bond motifs is 1. The molecule has 2 aliphatic heterocycles. The molecule has 176 valence electrons. The lowest BCUT2D eigenvalue weighted by atomic mass is 9.76. The second-order valence-electron chi connectivity index (χ2n) is 9.44. The molecule has 8 heteroatoms. The first-order valence-electron chi connectivity index (χ1n) is 11.6. The Morgan fingerprint density at radius 1 is 0.912 bits per heavy atom. The van der Waals surface area contributed by atoms with Gasteiger partial charge in [0.05, 0.1) is 23.4 Å². The summed E-state index contributed by atoms with van der Waals surface area (Å²) in [4.78, 5) is 53.5. The number of carbonyl (C=O) groups is 4. The summed E-state index contributed by atoms with van der Waals surface area (Å²) < 4.78 is 18.6. The molecular weight excluding hydrogens is 439 g/mol. The third-order valence-electron chi connectivity index (χ3n) is 7.10. The third kappa shape index (κ3) is 3.97. The number of amides is 3. The SMILES string of the molecule is C[C@@H]1CC[C@@H]2C(=O)N(c3ccc(OC(=O)[C@H]4CC(=O)N(c5ccc(F)cc5)C4)cc3)C(=O)[C@H]2C1. The molecular formula is C26H25FN2O5. The highest BCUT2D eigenvalue weighted by Crippen LogP contribution is 2.42. The molecule has 3 amide bonds. The minimum absolute atomic E-state index is 0.00622. The Morgan fingerprint density at radius 3 is 2.26 bits per heavy atom. The van der Waals surface area contributed by atoms with Crippen molar-refractivity contribution in [2.75, 3.05) is 16.3 Å². The lowest BCUT2D eigenvalue weighted by Crippen LogP contribution is -2.30. The number of imide groups is 1. The number of anilines is 2. The van der Waals surface area contributed by atoms with Crippen LogP contribution in [0.3, 0.4) is 0 Å². The van der Waals surface area contributed by atoms with E-state index in [2.05, 4.69) is 6.92 Å². The van der Waals surface area contributed by atoms with E-state index in [-0.39, 0.29) is 48.3 Å². The zero-order chi connectivity index (χ0) is 24.0. The van der Waals surface area contributed by atoms with Crippen LogP contribution < -0.4 is 14.5 Å². The number of nitrogens with zero attached hydrogens (tertiary/aromatic N) is 2. The summed E-state index contributed by atoms with van der Waals surface area (Å²) >= 11 is 0. The highest BCUT2D eigenvalue weighted by atomic mass is 19.1. The molecule has 0 aromatic heterocycles. The first kappa shape index (κ1) is 22.3. The molecule has 3 fully saturated rings. The summed E-state index contributed by atoms with van der Waals surface area (Å²) in [6, 6.07) is 11.8. The van der Waals surface area contributed by atoms with Crippen molar-refractivity contribution < 1.29 is 28.3 Å². The van der Waals surface area contributed by atoms with Gasteiger partial charge >= 0.3 is 5.97 Å². The number of benzene rings is 2. The van der Waals surface area contributed by atoms with Crippen LogP contribution in [0.2, 0.25) is 0 Å². The molecule has 0 unspecified atom stereocenters. The van der Waals surface area contributed by atoms with Crippen molar-refractivity contribution in [2.45, 2.75) is 32.6 Å². The average Bonchev–Trinajstić information content (AvgIpc) is 3.32. The Balaban J connectivity index is 1.24. The van der Waals surface area contributed by atoms with E-state index in [0.717, 1.165) is 19.3 Å². The Bertz CT molecular complexity index is 1150. The van der Waals surface area contributed by atoms with Gasteiger partial charge in [-0.2, -0.15) is 0 Å². The predicted molar refractivity (Wildman–Crippen MR) is 121 cm³/mol. The van der Waals surface area contributed by atoms with E-state index >= 15 is 0 Å². The monoisotopic (exact) mass is 464 g/mol. The highest BCUT2D eigenvalue weighted by Gasteiger charge is 2.50. The fraction of sp³-hybridized carbons (Fsp3) is 0.385. The Morgan fingerprint density at radius 2 is 1.56 bits per heavy atom. The minimum atomic E-state index is -0.649. The molecule has 2 aromatic rings. The van der Waals surface area contributed by atoms with E-state index in [4.69, 9.17) is 4.74 Å². The lowest BCUT2D eigenvalue weighted by molar-refractivity contribution is -0.139. The maximum Gasteiger partial charge on any atom is 0.316 e. The maximum atomic E-state index is 13.2. The van der Waals surface area contributed by atoms with Crippen LogP contribution in [0.15, 0.2) is 48.5 Å². The fourth-order valence-electron chi connectivity index (χ4n) is 5.24. The smallest absolute Gasteiger partial charge is 0.316 e. The van der Waals surface area contributed by atoms with E-state index in [1.165, 1.54) is 34.1 Å². The molecule has 0 radical (unpaired) electrons. The van der Waals surface area contributed by atoms with Crippen LogP contribution in [0.4, 0.5) is 15.8 Å². The van der Waals surface area contributed by atoms with Crippen LogP contribution in [-0.2, 0) is 19.2 Å². The van der Waals surface area contributed by atoms with Crippen molar-refractivity contribution in [3.05, 3.63) is 54.3 Å². The van der Waals surface area contributed by atoms with E-state index in [0.29, 0.717) is 17.3 Å². The number of hydrogen-bond donors (Lipinski definition) is 0. The van der Waals surface area contributed by atoms with Gasteiger partial charge in [-0.15, -0.1) is 0 Å². The van der Waals surface area contributed by atoms with Gasteiger partial charge in [0.15, 0.2) is 0 Å². The van der Waals surface area contributed by atoms with Crippen molar-refractivity contribution in [2.24, 2.45) is 23.7 Å². The lowest BCUT2D eigenvalue weighted by Gasteiger charge is -2.25. The van der Waals surface area contributed by atoms with Crippen LogP contribution in [0.1, 0.15) is 32.6 Å². The van der Waals surface area contributed by atoms with E-state index in [9.17, 15) is 23.6 Å². The summed E-state index contributed by atoms with van der Waals surface area (Å²) in [5.74, 6) is -1.93. The summed E-state index contributed by atoms with van der Waals surface area (Å²) in [5.41, 5.74) is 0.997. The molecule has 1 aliphatic carbocycles.